The fraction of sp³-hybridized carbons (Fsp3) is 0.600. The van der Waals surface area contributed by atoms with Crippen LogP contribution >= 0.6 is 0 Å². The number of piperidine rings is 1. The second-order valence-electron chi connectivity index (χ2n) is 9.71. The molecular formula is C25H35N7O2. The molecule has 1 N–H and O–H groups in total. The second-order valence-corrected chi connectivity index (χ2v) is 9.71. The van der Waals surface area contributed by atoms with E-state index < -0.39 is 0 Å². The van der Waals surface area contributed by atoms with Gasteiger partial charge in [-0.05, 0) is 65.6 Å². The van der Waals surface area contributed by atoms with Crippen LogP contribution in [-0.2, 0) is 7.05 Å². The minimum Gasteiger partial charge on any atom is -0.473 e. The first-order valence-corrected chi connectivity index (χ1v) is 12.5. The SMILES string of the molecule is CCNc1cc2c(cn1)c(C1CCN(C)CC1)nn2C1CCC(Oc2ccc(=O)n(C)n2)CC1. The van der Waals surface area contributed by atoms with Crippen molar-refractivity contribution < 1.29 is 4.74 Å². The van der Waals surface area contributed by atoms with E-state index in [2.05, 4.69) is 45.0 Å². The molecule has 2 fully saturated rings. The normalized spacial score (nSPS) is 22.2. The number of nitrogens with zero attached hydrogens (tertiary/aromatic N) is 6. The molecule has 0 amide bonds. The van der Waals surface area contributed by atoms with E-state index in [1.165, 1.54) is 27.3 Å². The molecule has 4 heterocycles. The molecule has 3 aromatic heterocycles. The molecule has 5 rings (SSSR count). The first-order valence-electron chi connectivity index (χ1n) is 12.5. The van der Waals surface area contributed by atoms with Crippen LogP contribution < -0.4 is 15.6 Å². The molecule has 34 heavy (non-hydrogen) atoms. The summed E-state index contributed by atoms with van der Waals surface area (Å²) in [6, 6.07) is 5.68. The van der Waals surface area contributed by atoms with Gasteiger partial charge in [-0.15, -0.1) is 5.10 Å². The maximum atomic E-state index is 11.6. The summed E-state index contributed by atoms with van der Waals surface area (Å²) in [7, 11) is 3.84. The predicted molar refractivity (Wildman–Crippen MR) is 133 cm³/mol. The van der Waals surface area contributed by atoms with Crippen molar-refractivity contribution in [2.45, 2.75) is 63.5 Å². The number of aromatic nitrogens is 5. The maximum Gasteiger partial charge on any atom is 0.266 e. The molecule has 1 aliphatic carbocycles. The van der Waals surface area contributed by atoms with Crippen molar-refractivity contribution in [3.8, 4) is 5.88 Å². The van der Waals surface area contributed by atoms with Gasteiger partial charge in [-0.2, -0.15) is 5.10 Å². The zero-order valence-electron chi connectivity index (χ0n) is 20.4. The molecule has 1 aliphatic heterocycles. The van der Waals surface area contributed by atoms with E-state index in [9.17, 15) is 4.79 Å². The lowest BCUT2D eigenvalue weighted by molar-refractivity contribution is 0.123. The van der Waals surface area contributed by atoms with Crippen molar-refractivity contribution in [3.63, 3.8) is 0 Å². The summed E-state index contributed by atoms with van der Waals surface area (Å²) in [6.07, 6.45) is 8.28. The number of rotatable bonds is 6. The van der Waals surface area contributed by atoms with Gasteiger partial charge in [0.1, 0.15) is 11.9 Å². The third kappa shape index (κ3) is 4.66. The van der Waals surface area contributed by atoms with E-state index in [4.69, 9.17) is 9.84 Å². The molecule has 0 atom stereocenters. The Kier molecular flexibility index (Phi) is 6.54. The zero-order chi connectivity index (χ0) is 23.7. The topological polar surface area (TPSA) is 90.1 Å². The van der Waals surface area contributed by atoms with Gasteiger partial charge < -0.3 is 15.0 Å². The highest BCUT2D eigenvalue weighted by Gasteiger charge is 2.29. The second kappa shape index (κ2) is 9.74. The largest absolute Gasteiger partial charge is 0.473 e. The van der Waals surface area contributed by atoms with Gasteiger partial charge in [0.05, 0.1) is 17.3 Å². The number of anilines is 1. The monoisotopic (exact) mass is 465 g/mol. The number of likely N-dealkylation sites (tertiary alicyclic amines) is 1. The Morgan fingerprint density at radius 2 is 1.82 bits per heavy atom. The summed E-state index contributed by atoms with van der Waals surface area (Å²) < 4.78 is 9.69. The minimum atomic E-state index is -0.131. The Morgan fingerprint density at radius 1 is 1.06 bits per heavy atom. The van der Waals surface area contributed by atoms with Crippen molar-refractivity contribution in [1.29, 1.82) is 0 Å². The third-order valence-corrected chi connectivity index (χ3v) is 7.30. The number of hydrogen-bond acceptors (Lipinski definition) is 7. The fourth-order valence-corrected chi connectivity index (χ4v) is 5.32. The molecular weight excluding hydrogens is 430 g/mol. The number of fused-ring (bicyclic) bond motifs is 1. The Bertz CT molecular complexity index is 1190. The van der Waals surface area contributed by atoms with Crippen LogP contribution in [-0.4, -0.2) is 62.2 Å². The highest BCUT2D eigenvalue weighted by molar-refractivity contribution is 5.84. The first kappa shape index (κ1) is 22.8. The standard InChI is InChI=1S/C25H35N7O2/c1-4-26-22-15-21-20(16-27-22)25(17-11-13-30(2)14-12-17)29-32(21)18-5-7-19(8-6-18)34-23-9-10-24(33)31(3)28-23/h9-10,15-19H,4-8,11-14H2,1-3H3,(H,26,27). The summed E-state index contributed by atoms with van der Waals surface area (Å²) >= 11 is 0. The van der Waals surface area contributed by atoms with Gasteiger partial charge in [-0.3, -0.25) is 9.48 Å². The molecule has 182 valence electrons. The highest BCUT2D eigenvalue weighted by Crippen LogP contribution is 2.37. The number of pyridine rings is 1. The molecule has 9 heteroatoms. The van der Waals surface area contributed by atoms with E-state index in [1.807, 2.05) is 6.20 Å². The lowest BCUT2D eigenvalue weighted by atomic mass is 9.92. The van der Waals surface area contributed by atoms with Crippen molar-refractivity contribution in [1.82, 2.24) is 29.4 Å². The average molecular weight is 466 g/mol. The third-order valence-electron chi connectivity index (χ3n) is 7.30. The van der Waals surface area contributed by atoms with Crippen molar-refractivity contribution in [3.05, 3.63) is 40.4 Å². The maximum absolute atomic E-state index is 11.6. The van der Waals surface area contributed by atoms with Crippen LogP contribution in [0.3, 0.4) is 0 Å². The van der Waals surface area contributed by atoms with Crippen LogP contribution in [0, 0.1) is 0 Å². The molecule has 0 spiro atoms. The van der Waals surface area contributed by atoms with Gasteiger partial charge in [0.15, 0.2) is 0 Å². The van der Waals surface area contributed by atoms with Gasteiger partial charge >= 0.3 is 0 Å². The molecule has 0 radical (unpaired) electrons. The van der Waals surface area contributed by atoms with E-state index in [-0.39, 0.29) is 11.7 Å². The molecule has 0 bridgehead atoms. The summed E-state index contributed by atoms with van der Waals surface area (Å²) in [5.41, 5.74) is 2.27. The summed E-state index contributed by atoms with van der Waals surface area (Å²) in [5.74, 6) is 1.91. The van der Waals surface area contributed by atoms with Gasteiger partial charge in [0.25, 0.3) is 5.56 Å². The first-order chi connectivity index (χ1) is 16.5. The quantitative estimate of drug-likeness (QED) is 0.597. The Morgan fingerprint density at radius 3 is 2.53 bits per heavy atom. The number of ether oxygens (including phenoxy) is 1. The smallest absolute Gasteiger partial charge is 0.266 e. The Balaban J connectivity index is 1.36. The van der Waals surface area contributed by atoms with Gasteiger partial charge in [-0.1, -0.05) is 0 Å². The minimum absolute atomic E-state index is 0.107. The molecule has 9 nitrogen and oxygen atoms in total. The fourth-order valence-electron chi connectivity index (χ4n) is 5.32. The van der Waals surface area contributed by atoms with Gasteiger partial charge in [0.2, 0.25) is 5.88 Å². The predicted octanol–water partition coefficient (Wildman–Crippen LogP) is 3.33. The highest BCUT2D eigenvalue weighted by atomic mass is 16.5. The molecule has 3 aromatic rings. The number of nitrogens with one attached hydrogen (secondary N) is 1. The van der Waals surface area contributed by atoms with Crippen LogP contribution in [0.2, 0.25) is 0 Å². The van der Waals surface area contributed by atoms with Crippen LogP contribution in [0.15, 0.2) is 29.2 Å². The van der Waals surface area contributed by atoms with Crippen molar-refractivity contribution in [2.24, 2.45) is 7.05 Å². The van der Waals surface area contributed by atoms with Crippen molar-refractivity contribution in [2.75, 3.05) is 32.0 Å². The van der Waals surface area contributed by atoms with Crippen LogP contribution in [0.1, 0.15) is 63.1 Å². The summed E-state index contributed by atoms with van der Waals surface area (Å²) in [6.45, 7) is 5.16. The zero-order valence-corrected chi connectivity index (χ0v) is 20.4. The van der Waals surface area contributed by atoms with Crippen LogP contribution in [0.25, 0.3) is 10.9 Å². The summed E-state index contributed by atoms with van der Waals surface area (Å²) in [4.78, 5) is 18.7. The Labute approximate surface area is 200 Å². The molecule has 2 aliphatic rings. The van der Waals surface area contributed by atoms with Gasteiger partial charge in [0, 0.05) is 49.3 Å². The average Bonchev–Trinajstić information content (AvgIpc) is 3.21. The summed E-state index contributed by atoms with van der Waals surface area (Å²) in [5, 5.41) is 14.0. The molecule has 0 unspecified atom stereocenters. The van der Waals surface area contributed by atoms with Crippen LogP contribution in [0.4, 0.5) is 5.82 Å². The molecule has 1 saturated carbocycles. The Hall–Kier alpha value is -2.94. The van der Waals surface area contributed by atoms with Crippen molar-refractivity contribution >= 4 is 16.7 Å². The van der Waals surface area contributed by atoms with Gasteiger partial charge in [-0.25, -0.2) is 9.67 Å². The molecule has 0 aromatic carbocycles. The number of hydrogen-bond donors (Lipinski definition) is 1. The van der Waals surface area contributed by atoms with E-state index >= 15 is 0 Å². The van der Waals surface area contributed by atoms with E-state index in [0.717, 1.165) is 64.0 Å². The lowest BCUT2D eigenvalue weighted by Gasteiger charge is -2.29. The van der Waals surface area contributed by atoms with E-state index in [0.29, 0.717) is 17.8 Å². The van der Waals surface area contributed by atoms with Crippen LogP contribution in [0.5, 0.6) is 5.88 Å². The number of aryl methyl sites for hydroxylation is 1. The lowest BCUT2D eigenvalue weighted by Crippen LogP contribution is -2.29. The molecule has 1 saturated heterocycles. The van der Waals surface area contributed by atoms with E-state index in [1.54, 1.807) is 13.1 Å².